The number of carbonyl (C=O) groups excluding carboxylic acids is 1. The van der Waals surface area contributed by atoms with Gasteiger partial charge in [0.05, 0.1) is 24.6 Å². The van der Waals surface area contributed by atoms with E-state index in [1.54, 1.807) is 31.4 Å². The number of ether oxygens (including phenoxy) is 1. The summed E-state index contributed by atoms with van der Waals surface area (Å²) < 4.78 is 21.4. The van der Waals surface area contributed by atoms with Crippen molar-refractivity contribution in [1.29, 1.82) is 0 Å². The van der Waals surface area contributed by atoms with Crippen LogP contribution in [0.5, 0.6) is 5.75 Å². The molecule has 0 atom stereocenters. The van der Waals surface area contributed by atoms with Crippen LogP contribution >= 0.6 is 11.6 Å². The molecule has 0 aliphatic rings. The summed E-state index contributed by atoms with van der Waals surface area (Å²) in [6, 6.07) is 18.2. The molecule has 186 valence electrons. The summed E-state index contributed by atoms with van der Waals surface area (Å²) >= 11 is 6.19. The second kappa shape index (κ2) is 11.2. The first-order valence-electron chi connectivity index (χ1n) is 11.4. The van der Waals surface area contributed by atoms with Crippen molar-refractivity contribution in [3.63, 3.8) is 0 Å². The second-order valence-electron chi connectivity index (χ2n) is 8.27. The Morgan fingerprint density at radius 2 is 1.75 bits per heavy atom. The molecular formula is C27H25ClFN3O4. The predicted octanol–water partition coefficient (Wildman–Crippen LogP) is 4.11. The van der Waals surface area contributed by atoms with Crippen molar-refractivity contribution in [2.24, 2.45) is 0 Å². The largest absolute Gasteiger partial charge is 0.496 e. The molecule has 0 saturated heterocycles. The van der Waals surface area contributed by atoms with Gasteiger partial charge in [0.2, 0.25) is 5.91 Å². The van der Waals surface area contributed by atoms with Crippen LogP contribution in [0, 0.1) is 5.82 Å². The molecule has 7 nitrogen and oxygen atoms in total. The van der Waals surface area contributed by atoms with Gasteiger partial charge in [-0.25, -0.2) is 9.18 Å². The van der Waals surface area contributed by atoms with E-state index in [0.29, 0.717) is 35.2 Å². The van der Waals surface area contributed by atoms with Crippen molar-refractivity contribution < 1.29 is 13.9 Å². The van der Waals surface area contributed by atoms with Crippen LogP contribution in [0.2, 0.25) is 5.02 Å². The van der Waals surface area contributed by atoms with Crippen LogP contribution in [0.4, 0.5) is 4.39 Å². The molecule has 0 fully saturated rings. The Morgan fingerprint density at radius 3 is 2.53 bits per heavy atom. The van der Waals surface area contributed by atoms with Gasteiger partial charge in [-0.2, -0.15) is 0 Å². The minimum atomic E-state index is -0.520. The molecule has 0 aliphatic heterocycles. The minimum Gasteiger partial charge on any atom is -0.496 e. The number of methoxy groups -OCH3 is 1. The van der Waals surface area contributed by atoms with E-state index in [1.165, 1.54) is 22.8 Å². The lowest BCUT2D eigenvalue weighted by atomic mass is 10.2. The Kier molecular flexibility index (Phi) is 7.85. The quantitative estimate of drug-likeness (QED) is 0.368. The highest BCUT2D eigenvalue weighted by molar-refractivity contribution is 6.31. The van der Waals surface area contributed by atoms with Crippen molar-refractivity contribution >= 4 is 28.4 Å². The molecule has 0 radical (unpaired) electrons. The summed E-state index contributed by atoms with van der Waals surface area (Å²) in [6.07, 6.45) is 0.431. The average molecular weight is 510 g/mol. The smallest absolute Gasteiger partial charge is 0.331 e. The van der Waals surface area contributed by atoms with E-state index in [4.69, 9.17) is 16.3 Å². The third kappa shape index (κ3) is 5.49. The van der Waals surface area contributed by atoms with E-state index in [-0.39, 0.29) is 30.4 Å². The van der Waals surface area contributed by atoms with Crippen LogP contribution in [-0.2, 0) is 24.4 Å². The molecule has 4 rings (SSSR count). The molecule has 0 saturated carbocycles. The fourth-order valence-corrected chi connectivity index (χ4v) is 4.30. The molecule has 3 aromatic carbocycles. The number of hydrogen-bond acceptors (Lipinski definition) is 4. The molecule has 1 N–H and O–H groups in total. The van der Waals surface area contributed by atoms with Crippen LogP contribution in [0.15, 0.2) is 76.3 Å². The predicted molar refractivity (Wildman–Crippen MR) is 137 cm³/mol. The summed E-state index contributed by atoms with van der Waals surface area (Å²) in [6.45, 7) is 0.448. The molecule has 1 aromatic heterocycles. The average Bonchev–Trinajstić information content (AvgIpc) is 2.88. The zero-order valence-electron chi connectivity index (χ0n) is 19.7. The van der Waals surface area contributed by atoms with Gasteiger partial charge in [0.25, 0.3) is 5.56 Å². The number of benzene rings is 3. The number of hydrogen-bond donors (Lipinski definition) is 1. The van der Waals surface area contributed by atoms with E-state index < -0.39 is 17.1 Å². The number of fused-ring (bicyclic) bond motifs is 1. The van der Waals surface area contributed by atoms with E-state index in [2.05, 4.69) is 5.32 Å². The van der Waals surface area contributed by atoms with E-state index >= 15 is 0 Å². The first-order valence-corrected chi connectivity index (χ1v) is 11.8. The van der Waals surface area contributed by atoms with Crippen LogP contribution in [0.3, 0.4) is 0 Å². The van der Waals surface area contributed by atoms with Gasteiger partial charge in [0.1, 0.15) is 11.6 Å². The topological polar surface area (TPSA) is 82.3 Å². The molecule has 1 amide bonds. The van der Waals surface area contributed by atoms with E-state index in [0.717, 1.165) is 10.1 Å². The maximum Gasteiger partial charge on any atom is 0.331 e. The number of aromatic nitrogens is 2. The SMILES string of the molecule is COc1ccccc1CNC(=O)CCCn1c(=O)c2ccccc2n(Cc2ccc(F)cc2Cl)c1=O. The van der Waals surface area contributed by atoms with Crippen molar-refractivity contribution in [3.8, 4) is 5.75 Å². The van der Waals surface area contributed by atoms with Gasteiger partial charge in [-0.05, 0) is 42.3 Å². The maximum absolute atomic E-state index is 13.5. The highest BCUT2D eigenvalue weighted by Crippen LogP contribution is 2.20. The molecule has 0 bridgehead atoms. The number of halogens is 2. The number of nitrogens with zero attached hydrogens (tertiary/aromatic N) is 2. The third-order valence-corrected chi connectivity index (χ3v) is 6.28. The Hall–Kier alpha value is -3.91. The van der Waals surface area contributed by atoms with Gasteiger partial charge in [0, 0.05) is 30.1 Å². The summed E-state index contributed by atoms with van der Waals surface area (Å²) in [7, 11) is 1.57. The first kappa shape index (κ1) is 25.2. The number of rotatable bonds is 9. The Bertz CT molecular complexity index is 1530. The highest BCUT2D eigenvalue weighted by Gasteiger charge is 2.15. The second-order valence-corrected chi connectivity index (χ2v) is 8.68. The monoisotopic (exact) mass is 509 g/mol. The lowest BCUT2D eigenvalue weighted by molar-refractivity contribution is -0.121. The normalized spacial score (nSPS) is 11.0. The van der Waals surface area contributed by atoms with Crippen LogP contribution in [-0.4, -0.2) is 22.2 Å². The van der Waals surface area contributed by atoms with Crippen molar-refractivity contribution in [1.82, 2.24) is 14.5 Å². The Balaban J connectivity index is 1.52. The molecule has 4 aromatic rings. The molecule has 9 heteroatoms. The van der Waals surface area contributed by atoms with Crippen LogP contribution in [0.25, 0.3) is 10.9 Å². The first-order chi connectivity index (χ1) is 17.4. The van der Waals surface area contributed by atoms with Crippen LogP contribution < -0.4 is 21.3 Å². The van der Waals surface area contributed by atoms with E-state index in [9.17, 15) is 18.8 Å². The minimum absolute atomic E-state index is 0.0676. The fourth-order valence-electron chi connectivity index (χ4n) is 4.07. The number of carbonyl (C=O) groups is 1. The summed E-state index contributed by atoms with van der Waals surface area (Å²) in [5.41, 5.74) is 0.909. The van der Waals surface area contributed by atoms with E-state index in [1.807, 2.05) is 24.3 Å². The van der Waals surface area contributed by atoms with Crippen molar-refractivity contribution in [2.45, 2.75) is 32.5 Å². The molecule has 36 heavy (non-hydrogen) atoms. The molecule has 0 spiro atoms. The lowest BCUT2D eigenvalue weighted by Gasteiger charge is -2.15. The van der Waals surface area contributed by atoms with Gasteiger partial charge < -0.3 is 10.1 Å². The summed E-state index contributed by atoms with van der Waals surface area (Å²) in [5, 5.41) is 3.40. The molecule has 0 aliphatic carbocycles. The Morgan fingerprint density at radius 1 is 1.00 bits per heavy atom. The summed E-state index contributed by atoms with van der Waals surface area (Å²) in [5.74, 6) is 0.00500. The highest BCUT2D eigenvalue weighted by atomic mass is 35.5. The van der Waals surface area contributed by atoms with Gasteiger partial charge in [-0.1, -0.05) is 48.0 Å². The lowest BCUT2D eigenvalue weighted by Crippen LogP contribution is -2.40. The van der Waals surface area contributed by atoms with Gasteiger partial charge in [-0.15, -0.1) is 0 Å². The molecule has 1 heterocycles. The Labute approximate surface area is 211 Å². The van der Waals surface area contributed by atoms with Gasteiger partial charge in [-0.3, -0.25) is 18.7 Å². The standard InChI is InChI=1S/C27H25ClFN3O4/c1-36-24-10-5-2-7-18(24)16-30-25(33)11-6-14-31-26(34)21-8-3-4-9-23(21)32(27(31)35)17-19-12-13-20(29)15-22(19)28/h2-5,7-10,12-13,15H,6,11,14,16-17H2,1H3,(H,30,33). The number of para-hydroxylation sites is 2. The van der Waals surface area contributed by atoms with Crippen molar-refractivity contribution in [3.05, 3.63) is 110 Å². The number of nitrogens with one attached hydrogen (secondary N) is 1. The van der Waals surface area contributed by atoms with Gasteiger partial charge >= 0.3 is 5.69 Å². The fraction of sp³-hybridized carbons (Fsp3) is 0.222. The maximum atomic E-state index is 13.5. The van der Waals surface area contributed by atoms with Crippen molar-refractivity contribution in [2.75, 3.05) is 7.11 Å². The zero-order valence-corrected chi connectivity index (χ0v) is 20.4. The summed E-state index contributed by atoms with van der Waals surface area (Å²) in [4.78, 5) is 38.8. The van der Waals surface area contributed by atoms with Gasteiger partial charge in [0.15, 0.2) is 0 Å². The number of amides is 1. The molecular weight excluding hydrogens is 485 g/mol. The third-order valence-electron chi connectivity index (χ3n) is 5.93. The molecule has 0 unspecified atom stereocenters. The zero-order chi connectivity index (χ0) is 25.7. The van der Waals surface area contributed by atoms with Crippen LogP contribution in [0.1, 0.15) is 24.0 Å².